The Morgan fingerprint density at radius 1 is 0.368 bits per heavy atom. The average molecular weight is 1100 g/mol. The van der Waals surface area contributed by atoms with Crippen LogP contribution >= 0.6 is 7.82 Å². The number of aliphatic hydroxyl groups excluding tert-OH is 1. The SMILES string of the molecule is CCCCC/C=C\C/C=C\CCCCCCCC(=O)OCC(COP(=O)(O)OCC(CO)OC(=O)CCCCCCC/C=C\CCCCCCCC)OC(=O)CCCCCCCCCCCCCCCCCCCCC. The molecule has 3 atom stereocenters. The van der Waals surface area contributed by atoms with E-state index in [1.807, 2.05) is 0 Å². The minimum Gasteiger partial charge on any atom is -0.462 e. The second kappa shape index (κ2) is 58.8. The van der Waals surface area contributed by atoms with Gasteiger partial charge in [-0.1, -0.05) is 256 Å². The van der Waals surface area contributed by atoms with Gasteiger partial charge in [-0.15, -0.1) is 0 Å². The standard InChI is InChI=1S/C64H119O11P/c1-4-7-10-13-16-19-22-25-28-29-30-31-34-37-40-43-46-49-52-55-64(68)75-61(57-71-62(66)53-50-47-44-41-38-35-32-26-23-20-17-14-11-8-5-2)59-73-76(69,70)72-58-60(56-65)74-63(67)54-51-48-45-42-39-36-33-27-24-21-18-15-12-9-6-3/h17,20,26-27,32-33,60-61,65H,4-16,18-19,21-25,28-31,34-59H2,1-3H3,(H,69,70)/b20-17-,32-26-,33-27-. The van der Waals surface area contributed by atoms with Crippen molar-refractivity contribution >= 4 is 25.7 Å². The highest BCUT2D eigenvalue weighted by Crippen LogP contribution is 2.43. The van der Waals surface area contributed by atoms with E-state index >= 15 is 0 Å². The number of allylic oxidation sites excluding steroid dienone is 6. The molecule has 0 radical (unpaired) electrons. The molecule has 0 amide bonds. The first-order valence-electron chi connectivity index (χ1n) is 31.9. The van der Waals surface area contributed by atoms with Crippen LogP contribution in [0.15, 0.2) is 36.5 Å². The van der Waals surface area contributed by atoms with Crippen molar-refractivity contribution in [1.29, 1.82) is 0 Å². The van der Waals surface area contributed by atoms with Crippen LogP contribution < -0.4 is 0 Å². The Hall–Kier alpha value is -2.30. The number of phosphoric acid groups is 1. The Morgan fingerprint density at radius 2 is 0.645 bits per heavy atom. The third kappa shape index (κ3) is 56.4. The number of carbonyl (C=O) groups excluding carboxylic acids is 3. The molecule has 0 fully saturated rings. The summed E-state index contributed by atoms with van der Waals surface area (Å²) in [7, 11) is -4.75. The van der Waals surface area contributed by atoms with Crippen molar-refractivity contribution in [3.05, 3.63) is 36.5 Å². The largest absolute Gasteiger partial charge is 0.472 e. The van der Waals surface area contributed by atoms with Crippen LogP contribution in [0.1, 0.15) is 316 Å². The van der Waals surface area contributed by atoms with Crippen LogP contribution in [0.5, 0.6) is 0 Å². The lowest BCUT2D eigenvalue weighted by Gasteiger charge is -2.21. The minimum absolute atomic E-state index is 0.169. The minimum atomic E-state index is -4.75. The normalized spacial score (nSPS) is 13.5. The maximum absolute atomic E-state index is 12.9. The average Bonchev–Trinajstić information content (AvgIpc) is 3.41. The number of esters is 3. The molecule has 0 aromatic heterocycles. The Bertz CT molecular complexity index is 1420. The number of ether oxygens (including phenoxy) is 3. The predicted molar refractivity (Wildman–Crippen MR) is 316 cm³/mol. The molecule has 11 nitrogen and oxygen atoms in total. The first-order valence-corrected chi connectivity index (χ1v) is 33.4. The van der Waals surface area contributed by atoms with Gasteiger partial charge in [0.25, 0.3) is 0 Å². The summed E-state index contributed by atoms with van der Waals surface area (Å²) in [6.07, 6.45) is 62.4. The second-order valence-electron chi connectivity index (χ2n) is 21.6. The van der Waals surface area contributed by atoms with Crippen LogP contribution in [0.4, 0.5) is 0 Å². The third-order valence-electron chi connectivity index (χ3n) is 14.0. The highest BCUT2D eigenvalue weighted by atomic mass is 31.2. The van der Waals surface area contributed by atoms with E-state index in [9.17, 15) is 28.9 Å². The van der Waals surface area contributed by atoms with Crippen LogP contribution in [0, 0.1) is 0 Å². The third-order valence-corrected chi connectivity index (χ3v) is 15.0. The molecule has 0 aliphatic carbocycles. The van der Waals surface area contributed by atoms with Gasteiger partial charge in [-0.05, 0) is 77.0 Å². The van der Waals surface area contributed by atoms with Crippen molar-refractivity contribution in [1.82, 2.24) is 0 Å². The van der Waals surface area contributed by atoms with E-state index in [0.29, 0.717) is 19.3 Å². The Morgan fingerprint density at radius 3 is 1.01 bits per heavy atom. The summed E-state index contributed by atoms with van der Waals surface area (Å²) in [5.74, 6) is -1.46. The molecule has 0 aliphatic rings. The monoisotopic (exact) mass is 1090 g/mol. The Balaban J connectivity index is 4.68. The molecule has 3 unspecified atom stereocenters. The molecular weight excluding hydrogens is 976 g/mol. The smallest absolute Gasteiger partial charge is 0.462 e. The van der Waals surface area contributed by atoms with Crippen molar-refractivity contribution in [3.63, 3.8) is 0 Å². The summed E-state index contributed by atoms with van der Waals surface area (Å²) in [6.45, 7) is 4.65. The molecule has 446 valence electrons. The number of rotatable bonds is 60. The quantitative estimate of drug-likeness (QED) is 0.0197. The fraction of sp³-hybridized carbons (Fsp3) is 0.859. The lowest BCUT2D eigenvalue weighted by atomic mass is 10.0. The van der Waals surface area contributed by atoms with Gasteiger partial charge in [-0.25, -0.2) is 4.57 Å². The summed E-state index contributed by atoms with van der Waals surface area (Å²) in [4.78, 5) is 48.7. The summed E-state index contributed by atoms with van der Waals surface area (Å²) in [5, 5.41) is 9.84. The van der Waals surface area contributed by atoms with Crippen molar-refractivity contribution in [2.24, 2.45) is 0 Å². The highest BCUT2D eigenvalue weighted by molar-refractivity contribution is 7.47. The number of unbranched alkanes of at least 4 members (excludes halogenated alkanes) is 37. The second-order valence-corrected chi connectivity index (χ2v) is 23.0. The molecule has 0 aromatic rings. The maximum Gasteiger partial charge on any atom is 0.472 e. The molecule has 0 rings (SSSR count). The fourth-order valence-corrected chi connectivity index (χ4v) is 9.93. The van der Waals surface area contributed by atoms with E-state index in [1.54, 1.807) is 0 Å². The molecule has 0 aliphatic heterocycles. The summed E-state index contributed by atoms with van der Waals surface area (Å²) in [5.41, 5.74) is 0. The summed E-state index contributed by atoms with van der Waals surface area (Å²) >= 11 is 0. The lowest BCUT2D eigenvalue weighted by Crippen LogP contribution is -2.30. The molecule has 0 aromatic carbocycles. The number of aliphatic hydroxyl groups is 1. The Kier molecular flexibility index (Phi) is 57.1. The van der Waals surface area contributed by atoms with E-state index in [-0.39, 0.29) is 25.9 Å². The zero-order valence-electron chi connectivity index (χ0n) is 49.5. The molecule has 0 saturated carbocycles. The van der Waals surface area contributed by atoms with Crippen LogP contribution in [0.2, 0.25) is 0 Å². The highest BCUT2D eigenvalue weighted by Gasteiger charge is 2.28. The van der Waals surface area contributed by atoms with Gasteiger partial charge in [0.15, 0.2) is 6.10 Å². The molecule has 0 heterocycles. The molecule has 76 heavy (non-hydrogen) atoms. The molecule has 0 spiro atoms. The summed E-state index contributed by atoms with van der Waals surface area (Å²) < 4.78 is 39.6. The van der Waals surface area contributed by atoms with E-state index < -0.39 is 57.8 Å². The number of phosphoric ester groups is 1. The van der Waals surface area contributed by atoms with Crippen molar-refractivity contribution in [2.45, 2.75) is 328 Å². The topological polar surface area (TPSA) is 155 Å². The van der Waals surface area contributed by atoms with Gasteiger partial charge >= 0.3 is 25.7 Å². The Labute approximate surface area is 467 Å². The van der Waals surface area contributed by atoms with E-state index in [0.717, 1.165) is 103 Å². The van der Waals surface area contributed by atoms with E-state index in [2.05, 4.69) is 57.2 Å². The lowest BCUT2D eigenvalue weighted by molar-refractivity contribution is -0.161. The van der Waals surface area contributed by atoms with Crippen LogP contribution in [-0.4, -0.2) is 66.5 Å². The molecular formula is C64H119O11P. The maximum atomic E-state index is 12.9. The van der Waals surface area contributed by atoms with Gasteiger partial charge in [0.2, 0.25) is 0 Å². The van der Waals surface area contributed by atoms with Crippen LogP contribution in [0.3, 0.4) is 0 Å². The zero-order chi connectivity index (χ0) is 55.5. The first kappa shape index (κ1) is 73.7. The summed E-state index contributed by atoms with van der Waals surface area (Å²) in [6, 6.07) is 0. The van der Waals surface area contributed by atoms with Gasteiger partial charge in [0.1, 0.15) is 12.7 Å². The first-order chi connectivity index (χ1) is 37.2. The molecule has 12 heteroatoms. The number of hydrogen-bond acceptors (Lipinski definition) is 10. The van der Waals surface area contributed by atoms with Crippen molar-refractivity contribution in [3.8, 4) is 0 Å². The number of carbonyl (C=O) groups is 3. The van der Waals surface area contributed by atoms with Crippen molar-refractivity contribution in [2.75, 3.05) is 26.4 Å². The molecule has 2 N–H and O–H groups in total. The fourth-order valence-electron chi connectivity index (χ4n) is 9.15. The van der Waals surface area contributed by atoms with Gasteiger partial charge < -0.3 is 24.2 Å². The van der Waals surface area contributed by atoms with Gasteiger partial charge in [0.05, 0.1) is 19.8 Å². The van der Waals surface area contributed by atoms with Crippen LogP contribution in [-0.2, 0) is 42.2 Å². The molecule has 0 bridgehead atoms. The van der Waals surface area contributed by atoms with Crippen molar-refractivity contribution < 1.29 is 52.2 Å². The van der Waals surface area contributed by atoms with Gasteiger partial charge in [0, 0.05) is 19.3 Å². The van der Waals surface area contributed by atoms with Crippen LogP contribution in [0.25, 0.3) is 0 Å². The predicted octanol–water partition coefficient (Wildman–Crippen LogP) is 19.2. The van der Waals surface area contributed by atoms with E-state index in [4.69, 9.17) is 23.3 Å². The zero-order valence-corrected chi connectivity index (χ0v) is 50.4. The van der Waals surface area contributed by atoms with Gasteiger partial charge in [-0.2, -0.15) is 0 Å². The number of hydrogen-bond donors (Lipinski definition) is 2. The van der Waals surface area contributed by atoms with E-state index in [1.165, 1.54) is 154 Å². The van der Waals surface area contributed by atoms with Gasteiger partial charge in [-0.3, -0.25) is 23.4 Å². The molecule has 0 saturated heterocycles.